The summed E-state index contributed by atoms with van der Waals surface area (Å²) in [5.41, 5.74) is 10.1. The Hall–Kier alpha value is -2.69. The van der Waals surface area contributed by atoms with Gasteiger partial charge in [0.05, 0.1) is 0 Å². The topological polar surface area (TPSA) is 41.8 Å². The fourth-order valence-corrected chi connectivity index (χ4v) is 5.14. The first-order chi connectivity index (χ1) is 13.7. The van der Waals surface area contributed by atoms with E-state index in [2.05, 4.69) is 47.4 Å². The molecule has 140 valence electrons. The van der Waals surface area contributed by atoms with Crippen LogP contribution in [0, 0.1) is 5.82 Å². The zero-order chi connectivity index (χ0) is 19.1. The summed E-state index contributed by atoms with van der Waals surface area (Å²) in [5.74, 6) is -0.197. The van der Waals surface area contributed by atoms with Gasteiger partial charge in [0.2, 0.25) is 0 Å². The summed E-state index contributed by atoms with van der Waals surface area (Å²) in [4.78, 5) is 3.55. The minimum atomic E-state index is -0.197. The van der Waals surface area contributed by atoms with Crippen LogP contribution in [-0.2, 0) is 6.42 Å². The fraction of sp³-hybridized carbons (Fsp3) is 0.167. The molecule has 0 radical (unpaired) electrons. The minimum absolute atomic E-state index is 0.197. The number of aryl methyl sites for hydroxylation is 1. The molecule has 3 N–H and O–H groups in total. The molecule has 2 heterocycles. The van der Waals surface area contributed by atoms with Crippen LogP contribution in [0.3, 0.4) is 0 Å². The van der Waals surface area contributed by atoms with Crippen molar-refractivity contribution in [1.82, 2.24) is 4.98 Å². The molecule has 0 amide bonds. The standard InChI is InChI=1S/C24H21FN2S/c25-16-9-10-21-19(14-16)18(6-3-4-12-26)24(27-21)15-8-11-23-20(13-15)17-5-1-2-7-22(17)28-23/h1-2,5,7-11,13-14,27H,3-4,6,12,26H2. The summed E-state index contributed by atoms with van der Waals surface area (Å²) in [6.45, 7) is 0.679. The van der Waals surface area contributed by atoms with Crippen molar-refractivity contribution in [1.29, 1.82) is 0 Å². The van der Waals surface area contributed by atoms with Crippen molar-refractivity contribution in [3.05, 3.63) is 72.0 Å². The summed E-state index contributed by atoms with van der Waals surface area (Å²) in [5, 5.41) is 3.54. The van der Waals surface area contributed by atoms with Crippen molar-refractivity contribution < 1.29 is 4.39 Å². The molecule has 0 fully saturated rings. The first kappa shape index (κ1) is 17.4. The molecule has 0 spiro atoms. The number of benzene rings is 3. The molecule has 0 aliphatic carbocycles. The Morgan fingerprint density at radius 2 is 1.71 bits per heavy atom. The van der Waals surface area contributed by atoms with Gasteiger partial charge in [-0.15, -0.1) is 11.3 Å². The number of unbranched alkanes of at least 4 members (excludes halogenated alkanes) is 1. The molecule has 28 heavy (non-hydrogen) atoms. The highest BCUT2D eigenvalue weighted by molar-refractivity contribution is 7.25. The summed E-state index contributed by atoms with van der Waals surface area (Å²) in [7, 11) is 0. The Balaban J connectivity index is 1.71. The summed E-state index contributed by atoms with van der Waals surface area (Å²) >= 11 is 1.82. The van der Waals surface area contributed by atoms with Crippen molar-refractivity contribution in [2.45, 2.75) is 19.3 Å². The van der Waals surface area contributed by atoms with Crippen LogP contribution >= 0.6 is 11.3 Å². The number of aromatic nitrogens is 1. The maximum atomic E-state index is 13.9. The summed E-state index contributed by atoms with van der Waals surface area (Å²) < 4.78 is 16.5. The number of aromatic amines is 1. The molecule has 0 unspecified atom stereocenters. The number of rotatable bonds is 5. The lowest BCUT2D eigenvalue weighted by atomic mass is 9.99. The van der Waals surface area contributed by atoms with E-state index in [1.54, 1.807) is 6.07 Å². The number of fused-ring (bicyclic) bond motifs is 4. The van der Waals surface area contributed by atoms with Gasteiger partial charge in [-0.3, -0.25) is 0 Å². The molecule has 0 aliphatic heterocycles. The quantitative estimate of drug-likeness (QED) is 0.326. The van der Waals surface area contributed by atoms with Crippen LogP contribution < -0.4 is 5.73 Å². The van der Waals surface area contributed by atoms with Gasteiger partial charge in [-0.25, -0.2) is 4.39 Å². The predicted octanol–water partition coefficient (Wildman–Crippen LogP) is 6.62. The van der Waals surface area contributed by atoms with E-state index in [0.29, 0.717) is 6.54 Å². The number of hydrogen-bond donors (Lipinski definition) is 2. The van der Waals surface area contributed by atoms with Crippen molar-refractivity contribution in [2.24, 2.45) is 5.73 Å². The third kappa shape index (κ3) is 2.89. The van der Waals surface area contributed by atoms with Crippen molar-refractivity contribution >= 4 is 42.4 Å². The third-order valence-electron chi connectivity index (χ3n) is 5.41. The second kappa shape index (κ2) is 7.04. The van der Waals surface area contributed by atoms with Gasteiger partial charge in [0, 0.05) is 36.8 Å². The molecule has 0 atom stereocenters. The van der Waals surface area contributed by atoms with Gasteiger partial charge in [-0.1, -0.05) is 24.3 Å². The zero-order valence-corrected chi connectivity index (χ0v) is 16.3. The van der Waals surface area contributed by atoms with Crippen LogP contribution in [0.1, 0.15) is 18.4 Å². The maximum Gasteiger partial charge on any atom is 0.123 e. The lowest BCUT2D eigenvalue weighted by Crippen LogP contribution is -1.99. The van der Waals surface area contributed by atoms with Gasteiger partial charge >= 0.3 is 0 Å². The van der Waals surface area contributed by atoms with Gasteiger partial charge in [0.15, 0.2) is 0 Å². The van der Waals surface area contributed by atoms with Crippen LogP contribution in [0.4, 0.5) is 4.39 Å². The van der Waals surface area contributed by atoms with E-state index in [1.165, 1.54) is 31.8 Å². The molecule has 0 saturated heterocycles. The van der Waals surface area contributed by atoms with Gasteiger partial charge in [-0.05, 0) is 73.3 Å². The van der Waals surface area contributed by atoms with Gasteiger partial charge in [0.1, 0.15) is 5.82 Å². The van der Waals surface area contributed by atoms with Crippen molar-refractivity contribution in [3.8, 4) is 11.3 Å². The second-order valence-corrected chi connectivity index (χ2v) is 8.31. The molecular weight excluding hydrogens is 367 g/mol. The van der Waals surface area contributed by atoms with Gasteiger partial charge in [0.25, 0.3) is 0 Å². The predicted molar refractivity (Wildman–Crippen MR) is 119 cm³/mol. The minimum Gasteiger partial charge on any atom is -0.354 e. The lowest BCUT2D eigenvalue weighted by molar-refractivity contribution is 0.629. The van der Waals surface area contributed by atoms with E-state index >= 15 is 0 Å². The lowest BCUT2D eigenvalue weighted by Gasteiger charge is -2.06. The van der Waals surface area contributed by atoms with Crippen LogP contribution in [0.25, 0.3) is 42.3 Å². The van der Waals surface area contributed by atoms with E-state index in [1.807, 2.05) is 17.4 Å². The molecule has 5 aromatic rings. The van der Waals surface area contributed by atoms with E-state index in [-0.39, 0.29) is 5.82 Å². The molecule has 0 aliphatic rings. The van der Waals surface area contributed by atoms with E-state index in [0.717, 1.165) is 41.4 Å². The molecule has 0 saturated carbocycles. The summed E-state index contributed by atoms with van der Waals surface area (Å²) in [6, 6.07) is 20.2. The highest BCUT2D eigenvalue weighted by atomic mass is 32.1. The molecule has 2 nitrogen and oxygen atoms in total. The third-order valence-corrected chi connectivity index (χ3v) is 6.57. The number of H-pyrrole nitrogens is 1. The molecule has 0 bridgehead atoms. The second-order valence-electron chi connectivity index (χ2n) is 7.22. The van der Waals surface area contributed by atoms with E-state index in [9.17, 15) is 4.39 Å². The average Bonchev–Trinajstić information content (AvgIpc) is 3.26. The molecule has 4 heteroatoms. The highest BCUT2D eigenvalue weighted by Crippen LogP contribution is 2.38. The number of nitrogens with two attached hydrogens (primary N) is 1. The summed E-state index contributed by atoms with van der Waals surface area (Å²) in [6.07, 6.45) is 2.85. The van der Waals surface area contributed by atoms with Crippen LogP contribution in [0.5, 0.6) is 0 Å². The first-order valence-electron chi connectivity index (χ1n) is 9.66. The monoisotopic (exact) mass is 388 g/mol. The first-order valence-corrected chi connectivity index (χ1v) is 10.5. The normalized spacial score (nSPS) is 11.8. The molecule has 2 aromatic heterocycles. The smallest absolute Gasteiger partial charge is 0.123 e. The number of nitrogens with one attached hydrogen (secondary N) is 1. The fourth-order valence-electron chi connectivity index (χ4n) is 4.05. The SMILES string of the molecule is NCCCCc1c(-c2ccc3sc4ccccc4c3c2)[nH]c2ccc(F)cc12. The largest absolute Gasteiger partial charge is 0.354 e. The Labute approximate surface area is 166 Å². The number of halogens is 1. The zero-order valence-electron chi connectivity index (χ0n) is 15.5. The van der Waals surface area contributed by atoms with Crippen LogP contribution in [0.2, 0.25) is 0 Å². The van der Waals surface area contributed by atoms with Crippen LogP contribution in [0.15, 0.2) is 60.7 Å². The number of thiophene rings is 1. The van der Waals surface area contributed by atoms with E-state index < -0.39 is 0 Å². The molecular formula is C24H21FN2S. The van der Waals surface area contributed by atoms with Crippen molar-refractivity contribution in [3.63, 3.8) is 0 Å². The highest BCUT2D eigenvalue weighted by Gasteiger charge is 2.15. The average molecular weight is 389 g/mol. The van der Waals surface area contributed by atoms with Gasteiger partial charge < -0.3 is 10.7 Å². The Kier molecular flexibility index (Phi) is 4.38. The Morgan fingerprint density at radius 3 is 2.61 bits per heavy atom. The Morgan fingerprint density at radius 1 is 0.857 bits per heavy atom. The van der Waals surface area contributed by atoms with Gasteiger partial charge in [-0.2, -0.15) is 0 Å². The van der Waals surface area contributed by atoms with E-state index in [4.69, 9.17) is 5.73 Å². The number of hydrogen-bond acceptors (Lipinski definition) is 2. The molecule has 5 rings (SSSR count). The van der Waals surface area contributed by atoms with Crippen LogP contribution in [-0.4, -0.2) is 11.5 Å². The molecule has 3 aromatic carbocycles. The Bertz CT molecular complexity index is 1300. The van der Waals surface area contributed by atoms with Crippen molar-refractivity contribution in [2.75, 3.05) is 6.54 Å². The maximum absolute atomic E-state index is 13.9.